The number of nitrogens with zero attached hydrogens (tertiary/aromatic N) is 5. The zero-order valence-electron chi connectivity index (χ0n) is 26.0. The molecule has 0 saturated carbocycles. The van der Waals surface area contributed by atoms with Crippen molar-refractivity contribution in [1.29, 1.82) is 0 Å². The topological polar surface area (TPSA) is 109 Å². The Kier molecular flexibility index (Phi) is 8.43. The molecule has 2 aromatic carbocycles. The number of carboxylic acid groups (broad SMARTS) is 1. The van der Waals surface area contributed by atoms with E-state index in [4.69, 9.17) is 11.6 Å². The number of hydrogen-bond acceptors (Lipinski definition) is 6. The van der Waals surface area contributed by atoms with Crippen molar-refractivity contribution in [1.82, 2.24) is 23.7 Å². The molecule has 2 aliphatic heterocycles. The van der Waals surface area contributed by atoms with Gasteiger partial charge in [0, 0.05) is 19.6 Å². The van der Waals surface area contributed by atoms with Gasteiger partial charge in [-0.25, -0.2) is 27.2 Å². The van der Waals surface area contributed by atoms with Crippen molar-refractivity contribution >= 4 is 38.8 Å². The second-order valence-corrected chi connectivity index (χ2v) is 15.7. The summed E-state index contributed by atoms with van der Waals surface area (Å²) in [5.74, 6) is 0.340. The number of piperidine rings is 2. The minimum Gasteiger partial charge on any atom is -0.465 e. The van der Waals surface area contributed by atoms with Crippen molar-refractivity contribution in [2.45, 2.75) is 51.3 Å². The van der Waals surface area contributed by atoms with E-state index >= 15 is 0 Å². The summed E-state index contributed by atoms with van der Waals surface area (Å²) in [6, 6.07) is 18.1. The van der Waals surface area contributed by atoms with Crippen molar-refractivity contribution in [2.75, 3.05) is 32.7 Å². The lowest BCUT2D eigenvalue weighted by molar-refractivity contribution is -0.0592. The zero-order valence-corrected chi connectivity index (χ0v) is 27.6. The average Bonchev–Trinajstić information content (AvgIpc) is 3.43. The number of aromatic nitrogens is 3. The van der Waals surface area contributed by atoms with Crippen molar-refractivity contribution in [2.24, 2.45) is 16.7 Å². The molecule has 1 unspecified atom stereocenters. The van der Waals surface area contributed by atoms with Gasteiger partial charge in [-0.15, -0.1) is 0 Å². The van der Waals surface area contributed by atoms with Crippen molar-refractivity contribution < 1.29 is 18.3 Å². The summed E-state index contributed by atoms with van der Waals surface area (Å²) >= 11 is 6.37. The number of amides is 1. The van der Waals surface area contributed by atoms with Gasteiger partial charge in [-0.1, -0.05) is 74.8 Å². The minimum atomic E-state index is -3.96. The fraction of sp³-hybridized carbons (Fsp3) is 0.441. The molecule has 1 N–H and O–H groups in total. The van der Waals surface area contributed by atoms with E-state index in [9.17, 15) is 18.3 Å². The molecule has 2 aliphatic rings. The molecule has 2 fully saturated rings. The van der Waals surface area contributed by atoms with E-state index in [2.05, 4.69) is 47.8 Å². The largest absolute Gasteiger partial charge is 0.465 e. The maximum Gasteiger partial charge on any atom is 0.407 e. The molecule has 2 aromatic heterocycles. The van der Waals surface area contributed by atoms with E-state index in [-0.39, 0.29) is 26.5 Å². The number of benzene rings is 2. The van der Waals surface area contributed by atoms with Gasteiger partial charge >= 0.3 is 6.09 Å². The minimum absolute atomic E-state index is 0.0437. The van der Waals surface area contributed by atoms with Crippen molar-refractivity contribution in [3.8, 4) is 11.3 Å². The molecule has 1 amide bonds. The first kappa shape index (κ1) is 31.5. The standard InChI is InChI=1S/C34H40ClN5O4S/c1-33(2,3)29-22-39(32(41)42)20-16-34(29)14-18-38(19-15-34)17-13-24-9-11-25(12-10-24)28-21-27-30(35)36-23-37-31(27)40(28)45(43,44)26-7-5-4-6-8-26/h4-12,21,23,29H,13-20,22H2,1-3H3,(H,41,42). The normalized spacial score (nSPS) is 19.3. The van der Waals surface area contributed by atoms with Gasteiger partial charge in [-0.2, -0.15) is 0 Å². The number of rotatable bonds is 6. The Bertz CT molecular complexity index is 1790. The monoisotopic (exact) mass is 649 g/mol. The fourth-order valence-electron chi connectivity index (χ4n) is 7.46. The third-order valence-electron chi connectivity index (χ3n) is 9.94. The number of hydrogen-bond donors (Lipinski definition) is 1. The maximum atomic E-state index is 13.8. The summed E-state index contributed by atoms with van der Waals surface area (Å²) in [5.41, 5.74) is 2.87. The Labute approximate surface area is 269 Å². The molecule has 6 rings (SSSR count). The molecule has 0 bridgehead atoms. The Hall–Kier alpha value is -3.47. The first-order valence-corrected chi connectivity index (χ1v) is 17.3. The van der Waals surface area contributed by atoms with E-state index in [1.54, 1.807) is 41.3 Å². The Morgan fingerprint density at radius 1 is 1.00 bits per heavy atom. The van der Waals surface area contributed by atoms with Crippen LogP contribution in [0.15, 0.2) is 71.9 Å². The van der Waals surface area contributed by atoms with Gasteiger partial charge in [0.05, 0.1) is 16.0 Å². The molecule has 45 heavy (non-hydrogen) atoms. The highest BCUT2D eigenvalue weighted by atomic mass is 35.5. The molecular formula is C34H40ClN5O4S. The third-order valence-corrected chi connectivity index (χ3v) is 12.0. The van der Waals surface area contributed by atoms with Gasteiger partial charge in [0.1, 0.15) is 11.5 Å². The highest BCUT2D eigenvalue weighted by Gasteiger charge is 2.49. The molecule has 4 aromatic rings. The molecule has 9 nitrogen and oxygen atoms in total. The van der Waals surface area contributed by atoms with Gasteiger partial charge in [0.2, 0.25) is 0 Å². The van der Waals surface area contributed by atoms with Gasteiger partial charge in [-0.05, 0) is 84.8 Å². The van der Waals surface area contributed by atoms with Crippen LogP contribution in [-0.2, 0) is 16.4 Å². The van der Waals surface area contributed by atoms with Gasteiger partial charge in [-0.3, -0.25) is 0 Å². The lowest BCUT2D eigenvalue weighted by Gasteiger charge is -2.55. The van der Waals surface area contributed by atoms with Crippen LogP contribution in [0.1, 0.15) is 45.6 Å². The van der Waals surface area contributed by atoms with Gasteiger partial charge in [0.15, 0.2) is 5.65 Å². The van der Waals surface area contributed by atoms with Crippen LogP contribution in [0.25, 0.3) is 22.3 Å². The van der Waals surface area contributed by atoms with E-state index in [0.29, 0.717) is 30.1 Å². The second-order valence-electron chi connectivity index (χ2n) is 13.6. The van der Waals surface area contributed by atoms with E-state index in [0.717, 1.165) is 50.9 Å². The molecule has 1 spiro atoms. The quantitative estimate of drug-likeness (QED) is 0.233. The molecule has 2 saturated heterocycles. The summed E-state index contributed by atoms with van der Waals surface area (Å²) in [6.07, 6.45) is 4.47. The average molecular weight is 650 g/mol. The maximum absolute atomic E-state index is 13.8. The Morgan fingerprint density at radius 2 is 1.67 bits per heavy atom. The molecular weight excluding hydrogens is 610 g/mol. The second kappa shape index (κ2) is 12.0. The molecule has 11 heteroatoms. The lowest BCUT2D eigenvalue weighted by atomic mass is 9.57. The van der Waals surface area contributed by atoms with Crippen LogP contribution < -0.4 is 0 Å². The van der Waals surface area contributed by atoms with E-state index in [1.165, 1.54) is 15.9 Å². The van der Waals surface area contributed by atoms with Crippen molar-refractivity contribution in [3.05, 3.63) is 77.7 Å². The highest BCUT2D eigenvalue weighted by molar-refractivity contribution is 7.90. The molecule has 0 aliphatic carbocycles. The third kappa shape index (κ3) is 6.07. The van der Waals surface area contributed by atoms with Gasteiger partial charge in [0.25, 0.3) is 10.0 Å². The Morgan fingerprint density at radius 3 is 2.31 bits per heavy atom. The number of fused-ring (bicyclic) bond motifs is 1. The van der Waals surface area contributed by atoms with Crippen LogP contribution in [0.4, 0.5) is 4.79 Å². The fourth-order valence-corrected chi connectivity index (χ4v) is 9.14. The first-order chi connectivity index (χ1) is 21.4. The van der Waals surface area contributed by atoms with Crippen LogP contribution in [0.2, 0.25) is 5.15 Å². The van der Waals surface area contributed by atoms with Crippen LogP contribution >= 0.6 is 11.6 Å². The predicted molar refractivity (Wildman–Crippen MR) is 176 cm³/mol. The Balaban J connectivity index is 1.17. The van der Waals surface area contributed by atoms with Gasteiger partial charge < -0.3 is 14.9 Å². The van der Waals surface area contributed by atoms with E-state index in [1.807, 2.05) is 12.1 Å². The smallest absolute Gasteiger partial charge is 0.407 e. The lowest BCUT2D eigenvalue weighted by Crippen LogP contribution is -2.56. The summed E-state index contributed by atoms with van der Waals surface area (Å²) in [7, 11) is -3.96. The number of halogens is 1. The highest BCUT2D eigenvalue weighted by Crippen LogP contribution is 2.52. The predicted octanol–water partition coefficient (Wildman–Crippen LogP) is 6.66. The molecule has 0 radical (unpaired) electrons. The summed E-state index contributed by atoms with van der Waals surface area (Å²) < 4.78 is 28.9. The van der Waals surface area contributed by atoms with Crippen LogP contribution in [0.5, 0.6) is 0 Å². The summed E-state index contributed by atoms with van der Waals surface area (Å²) in [6.45, 7) is 10.9. The summed E-state index contributed by atoms with van der Waals surface area (Å²) in [5, 5.41) is 10.3. The number of likely N-dealkylation sites (tertiary alicyclic amines) is 2. The molecule has 238 valence electrons. The van der Waals surface area contributed by atoms with Crippen molar-refractivity contribution in [3.63, 3.8) is 0 Å². The van der Waals surface area contributed by atoms with Crippen LogP contribution in [0, 0.1) is 16.7 Å². The van der Waals surface area contributed by atoms with Crippen LogP contribution in [0.3, 0.4) is 0 Å². The van der Waals surface area contributed by atoms with E-state index < -0.39 is 16.1 Å². The first-order valence-electron chi connectivity index (χ1n) is 15.5. The zero-order chi connectivity index (χ0) is 32.0. The summed E-state index contributed by atoms with van der Waals surface area (Å²) in [4.78, 5) is 24.4. The molecule has 4 heterocycles. The SMILES string of the molecule is CC(C)(C)C1CN(C(=O)O)CCC12CCN(CCc1ccc(-c3cc4c(Cl)ncnc4n3S(=O)(=O)c3ccccc3)cc1)CC2. The number of carbonyl (C=O) groups is 1. The molecule has 1 atom stereocenters. The van der Waals surface area contributed by atoms with Crippen LogP contribution in [-0.4, -0.2) is 76.1 Å².